The Morgan fingerprint density at radius 1 is 1.40 bits per heavy atom. The lowest BCUT2D eigenvalue weighted by atomic mass is 10.2. The lowest BCUT2D eigenvalue weighted by Gasteiger charge is -2.09. The van der Waals surface area contributed by atoms with Crippen LogP contribution in [-0.2, 0) is 4.79 Å². The molecule has 2 nitrogen and oxygen atoms in total. The topological polar surface area (TPSA) is 37.3 Å². The molecule has 0 fully saturated rings. The lowest BCUT2D eigenvalue weighted by Crippen LogP contribution is -1.95. The molecular formula is C11H14O2S2. The van der Waals surface area contributed by atoms with Gasteiger partial charge < -0.3 is 5.11 Å². The Balaban J connectivity index is 2.25. The maximum Gasteiger partial charge on any atom is 0.304 e. The molecule has 0 spiro atoms. The van der Waals surface area contributed by atoms with Crippen molar-refractivity contribution >= 4 is 27.6 Å². The molecule has 4 heteroatoms. The highest BCUT2D eigenvalue weighted by Gasteiger charge is 2.06. The van der Waals surface area contributed by atoms with Gasteiger partial charge in [0.2, 0.25) is 0 Å². The molecule has 0 radical (unpaired) electrons. The van der Waals surface area contributed by atoms with Crippen molar-refractivity contribution in [1.29, 1.82) is 0 Å². The van der Waals surface area contributed by atoms with E-state index in [4.69, 9.17) is 5.11 Å². The Morgan fingerprint density at radius 3 is 2.67 bits per heavy atom. The molecule has 0 saturated heterocycles. The molecule has 1 unspecified atom stereocenters. The predicted molar refractivity (Wildman–Crippen MR) is 67.2 cm³/mol. The molecule has 1 atom stereocenters. The van der Waals surface area contributed by atoms with Crippen LogP contribution in [0.2, 0.25) is 0 Å². The molecule has 0 amide bonds. The largest absolute Gasteiger partial charge is 0.481 e. The molecule has 15 heavy (non-hydrogen) atoms. The maximum absolute atomic E-state index is 10.3. The molecule has 1 aromatic rings. The van der Waals surface area contributed by atoms with Crippen LogP contribution < -0.4 is 0 Å². The third kappa shape index (κ3) is 5.14. The number of carboxylic acids is 1. The third-order valence-corrected chi connectivity index (χ3v) is 4.72. The monoisotopic (exact) mass is 242 g/mol. The van der Waals surface area contributed by atoms with Crippen LogP contribution in [0.25, 0.3) is 0 Å². The Morgan fingerprint density at radius 2 is 2.07 bits per heavy atom. The molecule has 82 valence electrons. The highest BCUT2D eigenvalue weighted by atomic mass is 33.1. The van der Waals surface area contributed by atoms with Gasteiger partial charge in [0, 0.05) is 11.0 Å². The van der Waals surface area contributed by atoms with Gasteiger partial charge in [-0.2, -0.15) is 0 Å². The van der Waals surface area contributed by atoms with Gasteiger partial charge in [-0.05, 0) is 12.5 Å². The molecule has 0 aromatic heterocycles. The Hall–Kier alpha value is -0.610. The second-order valence-corrected chi connectivity index (χ2v) is 5.94. The minimum absolute atomic E-state index is 0.235. The molecule has 1 N–H and O–H groups in total. The van der Waals surface area contributed by atoms with E-state index in [-0.39, 0.29) is 6.42 Å². The molecule has 0 aliphatic heterocycles. The minimum Gasteiger partial charge on any atom is -0.481 e. The second kappa shape index (κ2) is 6.80. The molecule has 1 rings (SSSR count). The van der Waals surface area contributed by atoms with E-state index in [9.17, 15) is 4.79 Å². The van der Waals surface area contributed by atoms with Crippen molar-refractivity contribution in [3.63, 3.8) is 0 Å². The van der Waals surface area contributed by atoms with E-state index < -0.39 is 5.97 Å². The number of carboxylic acid groups (broad SMARTS) is 1. The lowest BCUT2D eigenvalue weighted by molar-refractivity contribution is -0.136. The van der Waals surface area contributed by atoms with Gasteiger partial charge in [0.1, 0.15) is 0 Å². The van der Waals surface area contributed by atoms with Crippen molar-refractivity contribution in [3.8, 4) is 0 Å². The number of aliphatic carboxylic acids is 1. The summed E-state index contributed by atoms with van der Waals surface area (Å²) in [5, 5.41) is 8.88. The summed E-state index contributed by atoms with van der Waals surface area (Å²) in [6.45, 7) is 2.13. The summed E-state index contributed by atoms with van der Waals surface area (Å²) in [5.41, 5.74) is 1.28. The minimum atomic E-state index is -0.726. The average molecular weight is 242 g/mol. The Bertz CT molecular complexity index is 301. The molecule has 0 saturated carbocycles. The quantitative estimate of drug-likeness (QED) is 0.611. The fraction of sp³-hybridized carbons (Fsp3) is 0.364. The first-order chi connectivity index (χ1) is 7.20. The molecular weight excluding hydrogens is 228 g/mol. The number of benzene rings is 1. The van der Waals surface area contributed by atoms with Crippen molar-refractivity contribution in [2.75, 3.05) is 5.75 Å². The Labute approximate surface area is 97.9 Å². The van der Waals surface area contributed by atoms with Gasteiger partial charge in [0.05, 0.1) is 6.42 Å². The summed E-state index contributed by atoms with van der Waals surface area (Å²) in [5.74, 6) is -0.0626. The van der Waals surface area contributed by atoms with E-state index in [1.807, 2.05) is 18.2 Å². The van der Waals surface area contributed by atoms with Crippen LogP contribution in [0.15, 0.2) is 30.3 Å². The van der Waals surface area contributed by atoms with Gasteiger partial charge in [-0.1, -0.05) is 51.9 Å². The Kier molecular flexibility index (Phi) is 5.65. The van der Waals surface area contributed by atoms with Crippen molar-refractivity contribution in [3.05, 3.63) is 35.9 Å². The highest BCUT2D eigenvalue weighted by Crippen LogP contribution is 2.37. The van der Waals surface area contributed by atoms with Gasteiger partial charge in [-0.25, -0.2) is 0 Å². The van der Waals surface area contributed by atoms with Crippen molar-refractivity contribution in [1.82, 2.24) is 0 Å². The van der Waals surface area contributed by atoms with Gasteiger partial charge in [0.25, 0.3) is 0 Å². The number of hydrogen-bond donors (Lipinski definition) is 1. The molecule has 0 aliphatic rings. The van der Waals surface area contributed by atoms with Crippen LogP contribution in [0, 0.1) is 0 Å². The summed E-state index contributed by atoms with van der Waals surface area (Å²) >= 11 is 0. The van der Waals surface area contributed by atoms with E-state index >= 15 is 0 Å². The zero-order chi connectivity index (χ0) is 11.1. The first-order valence-electron chi connectivity index (χ1n) is 4.75. The molecule has 0 heterocycles. The van der Waals surface area contributed by atoms with Crippen LogP contribution in [0.3, 0.4) is 0 Å². The highest BCUT2D eigenvalue weighted by molar-refractivity contribution is 8.76. The van der Waals surface area contributed by atoms with Crippen LogP contribution in [-0.4, -0.2) is 16.8 Å². The van der Waals surface area contributed by atoms with E-state index in [0.717, 1.165) is 0 Å². The van der Waals surface area contributed by atoms with Gasteiger partial charge in [0.15, 0.2) is 0 Å². The van der Waals surface area contributed by atoms with Crippen LogP contribution in [0.5, 0.6) is 0 Å². The molecule has 0 bridgehead atoms. The van der Waals surface area contributed by atoms with E-state index in [1.165, 1.54) is 5.56 Å². The van der Waals surface area contributed by atoms with Crippen molar-refractivity contribution in [2.45, 2.75) is 18.6 Å². The SMILES string of the molecule is CC(SSCCC(=O)O)c1ccccc1. The van der Waals surface area contributed by atoms with Gasteiger partial charge in [-0.15, -0.1) is 0 Å². The zero-order valence-corrected chi connectivity index (χ0v) is 10.2. The third-order valence-electron chi connectivity index (χ3n) is 1.88. The number of carbonyl (C=O) groups is 1. The van der Waals surface area contributed by atoms with E-state index in [0.29, 0.717) is 11.0 Å². The number of hydrogen-bond acceptors (Lipinski definition) is 3. The summed E-state index contributed by atoms with van der Waals surface area (Å²) < 4.78 is 0. The average Bonchev–Trinajstić information content (AvgIpc) is 2.25. The van der Waals surface area contributed by atoms with Gasteiger partial charge in [-0.3, -0.25) is 4.79 Å². The fourth-order valence-corrected chi connectivity index (χ4v) is 3.37. The first kappa shape index (κ1) is 12.5. The van der Waals surface area contributed by atoms with E-state index in [2.05, 4.69) is 19.1 Å². The summed E-state index contributed by atoms with van der Waals surface area (Å²) in [7, 11) is 3.35. The summed E-state index contributed by atoms with van der Waals surface area (Å²) in [4.78, 5) is 10.3. The second-order valence-electron chi connectivity index (χ2n) is 3.11. The summed E-state index contributed by atoms with van der Waals surface area (Å²) in [6.07, 6.45) is 0.235. The molecule has 0 aliphatic carbocycles. The normalized spacial score (nSPS) is 12.3. The molecule has 1 aromatic carbocycles. The standard InChI is InChI=1S/C11H14O2S2/c1-9(10-5-3-2-4-6-10)15-14-8-7-11(12)13/h2-6,9H,7-8H2,1H3,(H,12,13). The zero-order valence-electron chi connectivity index (χ0n) is 8.55. The van der Waals surface area contributed by atoms with Crippen molar-refractivity contribution in [2.24, 2.45) is 0 Å². The van der Waals surface area contributed by atoms with Crippen molar-refractivity contribution < 1.29 is 9.90 Å². The predicted octanol–water partition coefficient (Wildman–Crippen LogP) is 3.60. The fourth-order valence-electron chi connectivity index (χ4n) is 1.06. The van der Waals surface area contributed by atoms with Crippen LogP contribution >= 0.6 is 21.6 Å². The number of rotatable bonds is 6. The summed E-state index contributed by atoms with van der Waals surface area (Å²) in [6, 6.07) is 10.2. The van der Waals surface area contributed by atoms with Gasteiger partial charge >= 0.3 is 5.97 Å². The van der Waals surface area contributed by atoms with Crippen LogP contribution in [0.1, 0.15) is 24.2 Å². The first-order valence-corrected chi connectivity index (χ1v) is 7.13. The van der Waals surface area contributed by atoms with E-state index in [1.54, 1.807) is 21.6 Å². The maximum atomic E-state index is 10.3. The smallest absolute Gasteiger partial charge is 0.304 e. The van der Waals surface area contributed by atoms with Crippen LogP contribution in [0.4, 0.5) is 0 Å².